The normalized spacial score (nSPS) is 11.9. The van der Waals surface area contributed by atoms with E-state index in [0.717, 1.165) is 5.56 Å². The number of hydrazone groups is 1. The Morgan fingerprint density at radius 3 is 2.33 bits per heavy atom. The van der Waals surface area contributed by atoms with Crippen LogP contribution >= 0.6 is 0 Å². The smallest absolute Gasteiger partial charge is 0.277 e. The summed E-state index contributed by atoms with van der Waals surface area (Å²) in [6.07, 6.45) is 3.36. The zero-order valence-electron chi connectivity index (χ0n) is 14.5. The van der Waals surface area contributed by atoms with Gasteiger partial charge in [-0.1, -0.05) is 32.9 Å². The molecule has 0 fully saturated rings. The highest BCUT2D eigenvalue weighted by Gasteiger charge is 2.13. The van der Waals surface area contributed by atoms with Gasteiger partial charge in [-0.05, 0) is 42.2 Å². The van der Waals surface area contributed by atoms with Crippen molar-refractivity contribution in [1.82, 2.24) is 10.4 Å². The van der Waals surface area contributed by atoms with Gasteiger partial charge >= 0.3 is 0 Å². The molecule has 0 saturated carbocycles. The van der Waals surface area contributed by atoms with Crippen molar-refractivity contribution in [2.45, 2.75) is 33.1 Å². The van der Waals surface area contributed by atoms with Crippen LogP contribution in [0.2, 0.25) is 0 Å². The second kappa shape index (κ2) is 7.73. The molecule has 0 radical (unpaired) electrons. The van der Waals surface area contributed by atoms with Gasteiger partial charge in [0.05, 0.1) is 5.71 Å². The zero-order chi connectivity index (χ0) is 17.6. The number of nitrogens with one attached hydrogen (secondary N) is 1. The van der Waals surface area contributed by atoms with E-state index in [1.807, 2.05) is 43.3 Å². The Hall–Kier alpha value is -2.69. The number of hydrogen-bond donors (Lipinski definition) is 1. The Labute approximate surface area is 142 Å². The summed E-state index contributed by atoms with van der Waals surface area (Å²) < 4.78 is 5.48. The summed E-state index contributed by atoms with van der Waals surface area (Å²) >= 11 is 0. The molecular weight excluding hydrogens is 302 g/mol. The Kier molecular flexibility index (Phi) is 5.68. The van der Waals surface area contributed by atoms with Crippen LogP contribution < -0.4 is 10.2 Å². The summed E-state index contributed by atoms with van der Waals surface area (Å²) in [5, 5.41) is 4.06. The molecule has 0 aliphatic carbocycles. The van der Waals surface area contributed by atoms with Crippen LogP contribution in [-0.4, -0.2) is 23.2 Å². The molecular formula is C19H23N3O2. The Balaban J connectivity index is 1.85. The Morgan fingerprint density at radius 2 is 1.75 bits per heavy atom. The van der Waals surface area contributed by atoms with Crippen LogP contribution in [0.25, 0.3) is 0 Å². The van der Waals surface area contributed by atoms with Crippen molar-refractivity contribution >= 4 is 11.6 Å². The molecule has 126 valence electrons. The number of aromatic nitrogens is 1. The average molecular weight is 325 g/mol. The summed E-state index contributed by atoms with van der Waals surface area (Å²) in [6, 6.07) is 11.4. The van der Waals surface area contributed by atoms with Crippen molar-refractivity contribution in [2.75, 3.05) is 6.61 Å². The minimum atomic E-state index is -0.302. The van der Waals surface area contributed by atoms with Crippen molar-refractivity contribution in [3.8, 4) is 5.75 Å². The molecule has 2 aromatic rings. The van der Waals surface area contributed by atoms with Crippen LogP contribution in [0.1, 0.15) is 38.8 Å². The standard InChI is InChI=1S/C19H23N3O2/c1-14(15-9-11-20-12-10-15)21-22-18(23)13-24-17-7-5-16(6-8-17)19(2,3)4/h5-12H,13H2,1-4H3,(H,22,23)/b21-14+. The monoisotopic (exact) mass is 325 g/mol. The summed E-state index contributed by atoms with van der Waals surface area (Å²) in [5.41, 5.74) is 5.42. The fourth-order valence-corrected chi connectivity index (χ4v) is 2.04. The molecule has 0 aliphatic heterocycles. The number of amides is 1. The molecule has 0 bridgehead atoms. The van der Waals surface area contributed by atoms with Gasteiger partial charge in [0.15, 0.2) is 6.61 Å². The number of carbonyl (C=O) groups excluding carboxylic acids is 1. The third kappa shape index (κ3) is 5.19. The quantitative estimate of drug-likeness (QED) is 0.677. The molecule has 1 heterocycles. The number of rotatable bonds is 5. The summed E-state index contributed by atoms with van der Waals surface area (Å²) in [6.45, 7) is 8.20. The maximum absolute atomic E-state index is 11.8. The lowest BCUT2D eigenvalue weighted by Gasteiger charge is -2.19. The van der Waals surface area contributed by atoms with Crippen LogP contribution in [0.3, 0.4) is 0 Å². The minimum absolute atomic E-state index is 0.0814. The van der Waals surface area contributed by atoms with Crippen LogP contribution in [0.4, 0.5) is 0 Å². The minimum Gasteiger partial charge on any atom is -0.484 e. The van der Waals surface area contributed by atoms with Crippen molar-refractivity contribution in [1.29, 1.82) is 0 Å². The van der Waals surface area contributed by atoms with Gasteiger partial charge in [0.1, 0.15) is 5.75 Å². The highest BCUT2D eigenvalue weighted by atomic mass is 16.5. The van der Waals surface area contributed by atoms with E-state index in [1.165, 1.54) is 5.56 Å². The Morgan fingerprint density at radius 1 is 1.12 bits per heavy atom. The summed E-state index contributed by atoms with van der Waals surface area (Å²) in [7, 11) is 0. The van der Waals surface area contributed by atoms with Crippen LogP contribution in [0.15, 0.2) is 53.9 Å². The first-order chi connectivity index (χ1) is 11.4. The number of nitrogens with zero attached hydrogens (tertiary/aromatic N) is 2. The molecule has 0 unspecified atom stereocenters. The molecule has 0 spiro atoms. The second-order valence-electron chi connectivity index (χ2n) is 6.53. The fraction of sp³-hybridized carbons (Fsp3) is 0.316. The first kappa shape index (κ1) is 17.7. The number of ether oxygens (including phenoxy) is 1. The molecule has 5 nitrogen and oxygen atoms in total. The van der Waals surface area contributed by atoms with E-state index < -0.39 is 0 Å². The third-order valence-electron chi connectivity index (χ3n) is 3.54. The second-order valence-corrected chi connectivity index (χ2v) is 6.53. The fourth-order valence-electron chi connectivity index (χ4n) is 2.04. The molecule has 0 saturated heterocycles. The molecule has 0 atom stereocenters. The van der Waals surface area contributed by atoms with Gasteiger partial charge in [0.25, 0.3) is 5.91 Å². The number of carbonyl (C=O) groups is 1. The van der Waals surface area contributed by atoms with Gasteiger partial charge in [-0.15, -0.1) is 0 Å². The molecule has 1 amide bonds. The van der Waals surface area contributed by atoms with Crippen LogP contribution in [-0.2, 0) is 10.2 Å². The van der Waals surface area contributed by atoms with Crippen molar-refractivity contribution < 1.29 is 9.53 Å². The van der Waals surface area contributed by atoms with Gasteiger partial charge in [-0.2, -0.15) is 5.10 Å². The molecule has 2 rings (SSSR count). The van der Waals surface area contributed by atoms with Gasteiger partial charge < -0.3 is 4.74 Å². The number of pyridine rings is 1. The van der Waals surface area contributed by atoms with E-state index in [2.05, 4.69) is 36.3 Å². The first-order valence-corrected chi connectivity index (χ1v) is 7.83. The van der Waals surface area contributed by atoms with E-state index in [1.54, 1.807) is 12.4 Å². The molecule has 24 heavy (non-hydrogen) atoms. The predicted molar refractivity (Wildman–Crippen MR) is 95.2 cm³/mol. The molecule has 0 aliphatic rings. The topological polar surface area (TPSA) is 63.6 Å². The molecule has 1 aromatic carbocycles. The molecule has 5 heteroatoms. The maximum Gasteiger partial charge on any atom is 0.277 e. The van der Waals surface area contributed by atoms with Crippen molar-refractivity contribution in [2.24, 2.45) is 5.10 Å². The average Bonchev–Trinajstić information content (AvgIpc) is 2.58. The highest BCUT2D eigenvalue weighted by molar-refractivity contribution is 5.99. The summed E-state index contributed by atoms with van der Waals surface area (Å²) in [4.78, 5) is 15.8. The largest absolute Gasteiger partial charge is 0.484 e. The van der Waals surface area contributed by atoms with E-state index in [0.29, 0.717) is 11.5 Å². The van der Waals surface area contributed by atoms with Crippen LogP contribution in [0, 0.1) is 0 Å². The van der Waals surface area contributed by atoms with E-state index in [-0.39, 0.29) is 17.9 Å². The highest BCUT2D eigenvalue weighted by Crippen LogP contribution is 2.24. The van der Waals surface area contributed by atoms with E-state index in [4.69, 9.17) is 4.74 Å². The third-order valence-corrected chi connectivity index (χ3v) is 3.54. The maximum atomic E-state index is 11.8. The van der Waals surface area contributed by atoms with Crippen LogP contribution in [0.5, 0.6) is 5.75 Å². The van der Waals surface area contributed by atoms with Gasteiger partial charge in [-0.3, -0.25) is 9.78 Å². The van der Waals surface area contributed by atoms with Gasteiger partial charge in [0.2, 0.25) is 0 Å². The Bertz CT molecular complexity index is 702. The van der Waals surface area contributed by atoms with E-state index in [9.17, 15) is 4.79 Å². The molecule has 1 aromatic heterocycles. The molecule has 1 N–H and O–H groups in total. The lowest BCUT2D eigenvalue weighted by Crippen LogP contribution is -2.25. The van der Waals surface area contributed by atoms with Gasteiger partial charge in [0, 0.05) is 18.0 Å². The zero-order valence-corrected chi connectivity index (χ0v) is 14.5. The van der Waals surface area contributed by atoms with E-state index >= 15 is 0 Å². The lowest BCUT2D eigenvalue weighted by atomic mass is 9.87. The number of hydrogen-bond acceptors (Lipinski definition) is 4. The number of benzene rings is 1. The first-order valence-electron chi connectivity index (χ1n) is 7.83. The lowest BCUT2D eigenvalue weighted by molar-refractivity contribution is -0.123. The summed E-state index contributed by atoms with van der Waals surface area (Å²) in [5.74, 6) is 0.358. The predicted octanol–water partition coefficient (Wildman–Crippen LogP) is 3.30. The van der Waals surface area contributed by atoms with Gasteiger partial charge in [-0.25, -0.2) is 5.43 Å². The van der Waals surface area contributed by atoms with Crippen molar-refractivity contribution in [3.63, 3.8) is 0 Å². The van der Waals surface area contributed by atoms with Crippen molar-refractivity contribution in [3.05, 3.63) is 59.9 Å². The SMILES string of the molecule is C/C(=N\NC(=O)COc1ccc(C(C)(C)C)cc1)c1ccncc1.